The van der Waals surface area contributed by atoms with Gasteiger partial charge in [0.25, 0.3) is 5.89 Å². The molecule has 0 unspecified atom stereocenters. The quantitative estimate of drug-likeness (QED) is 0.488. The zero-order valence-corrected chi connectivity index (χ0v) is 9.32. The van der Waals surface area contributed by atoms with Gasteiger partial charge in [-0.2, -0.15) is 4.39 Å². The Balaban J connectivity index is 2.62. The van der Waals surface area contributed by atoms with Gasteiger partial charge in [0.1, 0.15) is 17.3 Å². The van der Waals surface area contributed by atoms with Crippen molar-refractivity contribution >= 4 is 17.3 Å². The third kappa shape index (κ3) is 2.02. The van der Waals surface area contributed by atoms with Crippen LogP contribution in [-0.4, -0.2) is 15.1 Å². The Morgan fingerprint density at radius 1 is 1.39 bits per heavy atom. The van der Waals surface area contributed by atoms with Crippen LogP contribution in [0.1, 0.15) is 5.89 Å². The molecule has 0 bridgehead atoms. The first-order valence-electron chi connectivity index (χ1n) is 4.55. The first-order valence-corrected chi connectivity index (χ1v) is 5.09. The highest BCUT2D eigenvalue weighted by Gasteiger charge is 2.26. The summed E-state index contributed by atoms with van der Waals surface area (Å²) in [6.45, 7) is 0. The maximum absolute atomic E-state index is 13.7. The van der Waals surface area contributed by atoms with Crippen molar-refractivity contribution in [2.45, 2.75) is 5.88 Å². The van der Waals surface area contributed by atoms with Gasteiger partial charge in [0, 0.05) is 6.07 Å². The van der Waals surface area contributed by atoms with Crippen LogP contribution >= 0.6 is 11.6 Å². The standard InChI is InChI=1S/C9H4ClF2N3O3/c10-3-6-13-14-9(18-6)7-4(11)1-2-5(8(7)12)15(16)17/h1-2H,3H2. The van der Waals surface area contributed by atoms with Gasteiger partial charge in [0.05, 0.1) is 4.92 Å². The first-order chi connectivity index (χ1) is 8.54. The van der Waals surface area contributed by atoms with E-state index in [2.05, 4.69) is 10.2 Å². The van der Waals surface area contributed by atoms with Crippen molar-refractivity contribution in [1.29, 1.82) is 0 Å². The normalized spacial score (nSPS) is 10.6. The van der Waals surface area contributed by atoms with Gasteiger partial charge >= 0.3 is 5.69 Å². The fourth-order valence-electron chi connectivity index (χ4n) is 1.29. The van der Waals surface area contributed by atoms with E-state index in [1.807, 2.05) is 0 Å². The number of alkyl halides is 1. The molecule has 0 N–H and O–H groups in total. The summed E-state index contributed by atoms with van der Waals surface area (Å²) in [6, 6.07) is 1.47. The maximum Gasteiger partial charge on any atom is 0.305 e. The minimum absolute atomic E-state index is 0.0445. The van der Waals surface area contributed by atoms with Crippen LogP contribution in [0.2, 0.25) is 0 Å². The molecule has 0 fully saturated rings. The number of hydrogen-bond acceptors (Lipinski definition) is 5. The second kappa shape index (κ2) is 4.65. The highest BCUT2D eigenvalue weighted by atomic mass is 35.5. The zero-order valence-electron chi connectivity index (χ0n) is 8.56. The van der Waals surface area contributed by atoms with Crippen LogP contribution in [0.3, 0.4) is 0 Å². The lowest BCUT2D eigenvalue weighted by Gasteiger charge is -2.00. The van der Waals surface area contributed by atoms with Crippen LogP contribution in [0.4, 0.5) is 14.5 Å². The molecule has 9 heteroatoms. The number of halogens is 3. The second-order valence-corrected chi connectivity index (χ2v) is 3.41. The molecule has 0 aliphatic heterocycles. The smallest absolute Gasteiger partial charge is 0.305 e. The van der Waals surface area contributed by atoms with Gasteiger partial charge in [-0.05, 0) is 6.07 Å². The van der Waals surface area contributed by atoms with E-state index in [0.29, 0.717) is 6.07 Å². The topological polar surface area (TPSA) is 82.1 Å². The summed E-state index contributed by atoms with van der Waals surface area (Å²) in [6.07, 6.45) is 0. The van der Waals surface area contributed by atoms with Crippen LogP contribution in [0.15, 0.2) is 16.5 Å². The largest absolute Gasteiger partial charge is 0.419 e. The van der Waals surface area contributed by atoms with Gasteiger partial charge < -0.3 is 4.42 Å². The lowest BCUT2D eigenvalue weighted by atomic mass is 10.1. The fourth-order valence-corrected chi connectivity index (χ4v) is 1.40. The Labute approximate surface area is 103 Å². The number of nitro benzene ring substituents is 1. The first kappa shape index (κ1) is 12.4. The van der Waals surface area contributed by atoms with Gasteiger partial charge in [0.2, 0.25) is 11.7 Å². The second-order valence-electron chi connectivity index (χ2n) is 3.15. The summed E-state index contributed by atoms with van der Waals surface area (Å²) in [5, 5.41) is 17.3. The van der Waals surface area contributed by atoms with Gasteiger partial charge in [-0.1, -0.05) is 0 Å². The molecule has 2 rings (SSSR count). The predicted octanol–water partition coefficient (Wildman–Crippen LogP) is 2.66. The predicted molar refractivity (Wildman–Crippen MR) is 55.9 cm³/mol. The Hall–Kier alpha value is -2.09. The molecule has 18 heavy (non-hydrogen) atoms. The van der Waals surface area contributed by atoms with Crippen molar-refractivity contribution in [3.05, 3.63) is 39.8 Å². The van der Waals surface area contributed by atoms with Gasteiger partial charge in [-0.15, -0.1) is 21.8 Å². The molecular weight excluding hydrogens is 272 g/mol. The Kier molecular flexibility index (Phi) is 3.19. The van der Waals surface area contributed by atoms with Gasteiger partial charge in [0.15, 0.2) is 0 Å². The summed E-state index contributed by atoms with van der Waals surface area (Å²) < 4.78 is 32.1. The average Bonchev–Trinajstić information content (AvgIpc) is 2.77. The highest BCUT2D eigenvalue weighted by Crippen LogP contribution is 2.30. The Morgan fingerprint density at radius 2 is 2.11 bits per heavy atom. The molecule has 0 saturated carbocycles. The van der Waals surface area contributed by atoms with E-state index < -0.39 is 33.7 Å². The van der Waals surface area contributed by atoms with Crippen molar-refractivity contribution in [2.75, 3.05) is 0 Å². The van der Waals surface area contributed by atoms with Crippen molar-refractivity contribution < 1.29 is 18.1 Å². The molecule has 94 valence electrons. The Morgan fingerprint density at radius 3 is 2.67 bits per heavy atom. The number of nitro groups is 1. The molecule has 0 saturated heterocycles. The molecule has 1 heterocycles. The average molecular weight is 276 g/mol. The molecule has 2 aromatic rings. The summed E-state index contributed by atoms with van der Waals surface area (Å²) in [4.78, 5) is 9.56. The van der Waals surface area contributed by atoms with E-state index in [-0.39, 0.29) is 11.8 Å². The summed E-state index contributed by atoms with van der Waals surface area (Å²) >= 11 is 5.40. The number of rotatable bonds is 3. The molecule has 0 spiro atoms. The fraction of sp³-hybridized carbons (Fsp3) is 0.111. The van der Waals surface area contributed by atoms with Crippen molar-refractivity contribution in [2.24, 2.45) is 0 Å². The summed E-state index contributed by atoms with van der Waals surface area (Å²) in [7, 11) is 0. The number of hydrogen-bond donors (Lipinski definition) is 0. The highest BCUT2D eigenvalue weighted by molar-refractivity contribution is 6.16. The van der Waals surface area contributed by atoms with Crippen molar-refractivity contribution in [3.63, 3.8) is 0 Å². The Bertz CT molecular complexity index is 617. The van der Waals surface area contributed by atoms with E-state index >= 15 is 0 Å². The molecule has 1 aromatic heterocycles. The maximum atomic E-state index is 13.7. The van der Waals surface area contributed by atoms with Crippen molar-refractivity contribution in [3.8, 4) is 11.5 Å². The number of aromatic nitrogens is 2. The zero-order chi connectivity index (χ0) is 13.3. The van der Waals surface area contributed by atoms with Crippen LogP contribution in [0.25, 0.3) is 11.5 Å². The van der Waals surface area contributed by atoms with Crippen LogP contribution in [0, 0.1) is 21.7 Å². The molecular formula is C9H4ClF2N3O3. The lowest BCUT2D eigenvalue weighted by molar-refractivity contribution is -0.387. The van der Waals surface area contributed by atoms with E-state index in [0.717, 1.165) is 6.07 Å². The third-order valence-corrected chi connectivity index (χ3v) is 2.29. The van der Waals surface area contributed by atoms with Crippen LogP contribution in [-0.2, 0) is 5.88 Å². The van der Waals surface area contributed by atoms with Gasteiger partial charge in [-0.25, -0.2) is 4.39 Å². The molecule has 0 amide bonds. The monoisotopic (exact) mass is 275 g/mol. The molecule has 1 aromatic carbocycles. The number of nitrogens with zero attached hydrogens (tertiary/aromatic N) is 3. The van der Waals surface area contributed by atoms with Gasteiger partial charge in [-0.3, -0.25) is 10.1 Å². The SMILES string of the molecule is O=[N+]([O-])c1ccc(F)c(-c2nnc(CCl)o2)c1F. The van der Waals surface area contributed by atoms with Crippen LogP contribution in [0.5, 0.6) is 0 Å². The molecule has 0 aliphatic rings. The van der Waals surface area contributed by atoms with E-state index in [9.17, 15) is 18.9 Å². The molecule has 0 atom stereocenters. The minimum Gasteiger partial charge on any atom is -0.419 e. The van der Waals surface area contributed by atoms with E-state index in [1.54, 1.807) is 0 Å². The van der Waals surface area contributed by atoms with E-state index in [4.69, 9.17) is 16.0 Å². The molecule has 6 nitrogen and oxygen atoms in total. The molecule has 0 aliphatic carbocycles. The summed E-state index contributed by atoms with van der Waals surface area (Å²) in [5.41, 5.74) is -1.62. The van der Waals surface area contributed by atoms with E-state index in [1.165, 1.54) is 0 Å². The third-order valence-electron chi connectivity index (χ3n) is 2.06. The lowest BCUT2D eigenvalue weighted by Crippen LogP contribution is -1.97. The van der Waals surface area contributed by atoms with Crippen LogP contribution < -0.4 is 0 Å². The van der Waals surface area contributed by atoms with Crippen molar-refractivity contribution in [1.82, 2.24) is 10.2 Å². The molecule has 0 radical (unpaired) electrons. The minimum atomic E-state index is -1.37. The summed E-state index contributed by atoms with van der Waals surface area (Å²) in [5.74, 6) is -3.08. The number of benzene rings is 1.